The molecule has 0 aliphatic rings. The van der Waals surface area contributed by atoms with Crippen LogP contribution in [-0.2, 0) is 4.46 Å². The first-order valence-electron chi connectivity index (χ1n) is 0.289. The van der Waals surface area contributed by atoms with Crippen LogP contribution in [0.1, 0.15) is 0 Å². The topological polar surface area (TPSA) is 17.1 Å². The third-order valence-corrected chi connectivity index (χ3v) is 0. The Bertz CT molecular complexity index is 8.00. The summed E-state index contributed by atoms with van der Waals surface area (Å²) in [5, 5.41) is 0. The second-order valence-corrected chi connectivity index (χ2v) is 0. The van der Waals surface area contributed by atoms with Crippen molar-refractivity contribution in [3.63, 3.8) is 0 Å². The molecule has 0 unspecified atom stereocenters. The molecule has 0 spiro atoms. The molecule has 0 aliphatic carbocycles. The molecule has 4 heavy (non-hydrogen) atoms. The fraction of sp³-hybridized carbons (Fsp3) is 0. The average Bonchev–Trinajstić information content (AvgIpc) is 1.00. The summed E-state index contributed by atoms with van der Waals surface area (Å²) in [6.07, 6.45) is 0. The summed E-state index contributed by atoms with van der Waals surface area (Å²) >= 11 is 0. The molecule has 0 aromatic carbocycles. The number of rotatable bonds is 0. The minimum Gasteiger partial charge on any atom is 0.316 e. The van der Waals surface area contributed by atoms with Gasteiger partial charge in [-0.05, 0) is 0 Å². The zero-order chi connectivity index (χ0) is 2.00. The van der Waals surface area contributed by atoms with E-state index in [1.807, 2.05) is 0 Å². The molecule has 0 bridgehead atoms. The van der Waals surface area contributed by atoms with Crippen molar-refractivity contribution in [2.24, 2.45) is 0 Å². The first-order valence-corrected chi connectivity index (χ1v) is 0.866. The maximum absolute atomic E-state index is 8.28. The van der Waals surface area contributed by atoms with Gasteiger partial charge in [0.05, 0.1) is 0 Å². The molecule has 0 rings (SSSR count). The van der Waals surface area contributed by atoms with E-state index < -0.39 is 0 Å². The Labute approximate surface area is 84.6 Å². The van der Waals surface area contributed by atoms with Crippen molar-refractivity contribution in [2.45, 2.75) is 0 Å². The van der Waals surface area contributed by atoms with Gasteiger partial charge in [-0.2, -0.15) is 0 Å². The largest absolute Gasteiger partial charge is 0.316 e. The van der Waals surface area contributed by atoms with Crippen LogP contribution < -0.4 is 0 Å². The first kappa shape index (κ1) is 16.2. The fourth-order valence-electron chi connectivity index (χ4n) is 0. The molecule has 0 atom stereocenters. The Morgan fingerprint density at radius 1 is 1.25 bits per heavy atom. The Balaban J connectivity index is -0.00000000500. The standard InChI is InChI=1S/Ba.Mg.H2OSi.4H/c;;1-2;;;;/h;;2H2;;;;. The van der Waals surface area contributed by atoms with Gasteiger partial charge in [0.25, 0.3) is 0 Å². The Hall–Kier alpha value is 2.35. The van der Waals surface area contributed by atoms with Gasteiger partial charge in [-0.25, -0.2) is 0 Å². The van der Waals surface area contributed by atoms with Crippen LogP contribution in [0.25, 0.3) is 0 Å². The molecule has 0 N–H and O–H groups in total. The predicted octanol–water partition coefficient (Wildman–Crippen LogP) is -2.87. The normalized spacial score (nSPS) is 1.00. The van der Waals surface area contributed by atoms with E-state index >= 15 is 0 Å². The van der Waals surface area contributed by atoms with Crippen molar-refractivity contribution in [1.82, 2.24) is 0 Å². The first-order chi connectivity index (χ1) is 1.00. The van der Waals surface area contributed by atoms with E-state index in [0.717, 1.165) is 0 Å². The van der Waals surface area contributed by atoms with E-state index in [2.05, 4.69) is 0 Å². The Morgan fingerprint density at radius 3 is 1.25 bits per heavy atom. The van der Waals surface area contributed by atoms with Crippen LogP contribution in [-0.4, -0.2) is 82.1 Å². The molecule has 0 aromatic rings. The van der Waals surface area contributed by atoms with Gasteiger partial charge in [0.15, 0.2) is 0 Å². The van der Waals surface area contributed by atoms with Gasteiger partial charge in [-0.3, -0.25) is 0 Å². The summed E-state index contributed by atoms with van der Waals surface area (Å²) < 4.78 is 8.28. The summed E-state index contributed by atoms with van der Waals surface area (Å²) in [7, 11) is 0.611. The second kappa shape index (κ2) is 18.3. The van der Waals surface area contributed by atoms with Gasteiger partial charge in [0.1, 0.15) is 0 Å². The molecule has 4 heteroatoms. The fourth-order valence-corrected chi connectivity index (χ4v) is 0. The van der Waals surface area contributed by atoms with E-state index in [-0.39, 0.29) is 71.9 Å². The second-order valence-electron chi connectivity index (χ2n) is 0. The average molecular weight is 212 g/mol. The molecule has 0 aliphatic heterocycles. The summed E-state index contributed by atoms with van der Waals surface area (Å²) in [5.41, 5.74) is 0. The number of hydrogen-bond acceptors (Lipinski definition) is 1. The SMILES string of the molecule is O=[SiH2].[BaH2].[MgH2]. The van der Waals surface area contributed by atoms with Gasteiger partial charge in [0, 0.05) is 0 Å². The minimum atomic E-state index is 0. The molecule has 0 saturated carbocycles. The van der Waals surface area contributed by atoms with E-state index in [1.165, 1.54) is 0 Å². The van der Waals surface area contributed by atoms with Crippen molar-refractivity contribution in [3.8, 4) is 0 Å². The summed E-state index contributed by atoms with van der Waals surface area (Å²) in [6.45, 7) is 0. The zero-order valence-corrected chi connectivity index (χ0v) is 2.53. The molecule has 20 valence electrons. The monoisotopic (exact) mass is 212 g/mol. The van der Waals surface area contributed by atoms with Crippen LogP contribution in [0.5, 0.6) is 0 Å². The third kappa shape index (κ3) is 8.84. The van der Waals surface area contributed by atoms with Crippen LogP contribution in [0, 0.1) is 0 Å². The van der Waals surface area contributed by atoms with E-state index in [1.54, 1.807) is 0 Å². The third-order valence-electron chi connectivity index (χ3n) is 0. The van der Waals surface area contributed by atoms with Gasteiger partial charge in [0.2, 0.25) is 10.1 Å². The summed E-state index contributed by atoms with van der Waals surface area (Å²) in [5.74, 6) is 0. The van der Waals surface area contributed by atoms with E-state index in [4.69, 9.17) is 4.46 Å². The molecule has 0 amide bonds. The molecule has 0 aromatic heterocycles. The van der Waals surface area contributed by atoms with Gasteiger partial charge >= 0.3 is 71.9 Å². The molecular formula is H6BaMgOSi. The minimum absolute atomic E-state index is 0. The van der Waals surface area contributed by atoms with Gasteiger partial charge in [-0.15, -0.1) is 0 Å². The maximum Gasteiger partial charge on any atom is 0.316 e. The van der Waals surface area contributed by atoms with E-state index in [0.29, 0.717) is 10.1 Å². The zero-order valence-electron chi connectivity index (χ0n) is 1.12. The quantitative estimate of drug-likeness (QED) is 0.394. The summed E-state index contributed by atoms with van der Waals surface area (Å²) in [4.78, 5) is 0. The van der Waals surface area contributed by atoms with Crippen LogP contribution >= 0.6 is 0 Å². The molecule has 0 heterocycles. The van der Waals surface area contributed by atoms with Crippen molar-refractivity contribution >= 4 is 82.1 Å². The maximum atomic E-state index is 8.28. The Morgan fingerprint density at radius 2 is 1.25 bits per heavy atom. The van der Waals surface area contributed by atoms with Crippen LogP contribution in [0.2, 0.25) is 0 Å². The molecule has 0 radical (unpaired) electrons. The van der Waals surface area contributed by atoms with Crippen molar-refractivity contribution < 1.29 is 4.46 Å². The van der Waals surface area contributed by atoms with Crippen molar-refractivity contribution in [1.29, 1.82) is 0 Å². The summed E-state index contributed by atoms with van der Waals surface area (Å²) in [6, 6.07) is 0. The molecule has 1 nitrogen and oxygen atoms in total. The van der Waals surface area contributed by atoms with E-state index in [9.17, 15) is 0 Å². The molecule has 0 saturated heterocycles. The predicted molar refractivity (Wildman–Crippen MR) is 26.3 cm³/mol. The smallest absolute Gasteiger partial charge is 0.316 e. The van der Waals surface area contributed by atoms with Crippen molar-refractivity contribution in [3.05, 3.63) is 0 Å². The van der Waals surface area contributed by atoms with Crippen LogP contribution in [0.4, 0.5) is 0 Å². The Kier molecular flexibility index (Phi) is 74.1. The van der Waals surface area contributed by atoms with Crippen LogP contribution in [0.15, 0.2) is 0 Å². The molecular weight excluding hydrogens is 206 g/mol. The number of hydrogen-bond donors (Lipinski definition) is 0. The van der Waals surface area contributed by atoms with Crippen molar-refractivity contribution in [2.75, 3.05) is 0 Å². The molecule has 0 fully saturated rings. The van der Waals surface area contributed by atoms with Gasteiger partial charge in [-0.1, -0.05) is 0 Å². The van der Waals surface area contributed by atoms with Crippen LogP contribution in [0.3, 0.4) is 0 Å². The van der Waals surface area contributed by atoms with Gasteiger partial charge < -0.3 is 4.46 Å².